The van der Waals surface area contributed by atoms with E-state index in [4.69, 9.17) is 10.2 Å². The number of carbonyl (C=O) groups excluding carboxylic acids is 3. The summed E-state index contributed by atoms with van der Waals surface area (Å²) in [7, 11) is 0. The lowest BCUT2D eigenvalue weighted by molar-refractivity contribution is 0.561. The molecule has 0 aliphatic rings. The van der Waals surface area contributed by atoms with E-state index in [-0.39, 0.29) is 13.1 Å². The molecule has 17 heavy (non-hydrogen) atoms. The molecule has 1 aromatic rings. The Morgan fingerprint density at radius 3 is 1.59 bits per heavy atom. The Hall–Kier alpha value is -2.64. The fourth-order valence-electron chi connectivity index (χ4n) is 1.10. The van der Waals surface area contributed by atoms with E-state index in [2.05, 4.69) is 9.98 Å². The Morgan fingerprint density at radius 1 is 0.941 bits per heavy atom. The first-order valence-corrected chi connectivity index (χ1v) is 4.48. The van der Waals surface area contributed by atoms with Gasteiger partial charge in [0, 0.05) is 0 Å². The van der Waals surface area contributed by atoms with Crippen LogP contribution in [-0.4, -0.2) is 18.2 Å². The van der Waals surface area contributed by atoms with Crippen LogP contribution in [0.2, 0.25) is 0 Å². The second kappa shape index (κ2) is 9.90. The van der Waals surface area contributed by atoms with E-state index < -0.39 is 0 Å². The molecule has 0 aliphatic carbocycles. The van der Waals surface area contributed by atoms with Gasteiger partial charge in [0.25, 0.3) is 0 Å². The number of isocyanates is 3. The summed E-state index contributed by atoms with van der Waals surface area (Å²) in [4.78, 5) is 35.1. The van der Waals surface area contributed by atoms with Crippen LogP contribution in [0, 0.1) is 5.41 Å². The Kier molecular flexibility index (Phi) is 8.36. The summed E-state index contributed by atoms with van der Waals surface area (Å²) in [6.45, 7) is 0.544. The molecule has 1 aromatic carbocycles. The van der Waals surface area contributed by atoms with Gasteiger partial charge in [-0.15, -0.1) is 0 Å². The lowest BCUT2D eigenvalue weighted by atomic mass is 10.1. The van der Waals surface area contributed by atoms with E-state index in [0.717, 1.165) is 17.2 Å². The van der Waals surface area contributed by atoms with E-state index >= 15 is 0 Å². The fourth-order valence-corrected chi connectivity index (χ4v) is 1.10. The number of hydrogen-bond donors (Lipinski definition) is 1. The van der Waals surface area contributed by atoms with Crippen molar-refractivity contribution in [1.82, 2.24) is 0 Å². The van der Waals surface area contributed by atoms with Crippen LogP contribution in [0.1, 0.15) is 11.1 Å². The van der Waals surface area contributed by atoms with E-state index in [1.165, 1.54) is 12.2 Å². The third-order valence-corrected chi connectivity index (χ3v) is 1.75. The Labute approximate surface area is 97.2 Å². The average Bonchev–Trinajstić information content (AvgIpc) is 2.36. The molecule has 0 unspecified atom stereocenters. The number of nitrogens with one attached hydrogen (secondary N) is 1. The van der Waals surface area contributed by atoms with Crippen molar-refractivity contribution in [2.24, 2.45) is 9.98 Å². The molecular weight excluding hydrogens is 222 g/mol. The molecule has 0 saturated heterocycles. The van der Waals surface area contributed by atoms with Crippen molar-refractivity contribution in [3.63, 3.8) is 0 Å². The summed E-state index contributed by atoms with van der Waals surface area (Å²) in [5.74, 6) is 0. The largest absolute Gasteiger partial charge is 0.235 e. The smallest absolute Gasteiger partial charge is 0.222 e. The van der Waals surface area contributed by atoms with E-state index in [0.29, 0.717) is 0 Å². The van der Waals surface area contributed by atoms with Crippen molar-refractivity contribution >= 4 is 18.2 Å². The third kappa shape index (κ3) is 6.44. The van der Waals surface area contributed by atoms with Gasteiger partial charge >= 0.3 is 0 Å². The molecule has 0 aliphatic heterocycles. The number of rotatable bonds is 4. The molecular formula is C11H9N3O3. The first-order valence-electron chi connectivity index (χ1n) is 4.48. The molecule has 0 spiro atoms. The molecule has 0 saturated carbocycles. The molecule has 1 N–H and O–H groups in total. The molecule has 0 aromatic heterocycles. The predicted molar refractivity (Wildman–Crippen MR) is 58.5 cm³/mol. The molecule has 0 amide bonds. The molecule has 0 bridgehead atoms. The highest BCUT2D eigenvalue weighted by molar-refractivity contribution is 5.37. The topological polar surface area (TPSA) is 99.8 Å². The van der Waals surface area contributed by atoms with Crippen LogP contribution in [0.15, 0.2) is 34.3 Å². The van der Waals surface area contributed by atoms with Gasteiger partial charge in [-0.2, -0.15) is 0 Å². The van der Waals surface area contributed by atoms with Crippen LogP contribution in [0.5, 0.6) is 0 Å². The van der Waals surface area contributed by atoms with E-state index in [1.807, 2.05) is 24.3 Å². The Balaban J connectivity index is 0.000000770. The van der Waals surface area contributed by atoms with Crippen molar-refractivity contribution in [2.45, 2.75) is 13.1 Å². The highest BCUT2D eigenvalue weighted by Gasteiger charge is 1.99. The number of aliphatic imine (C=N–C) groups is 2. The second-order valence-corrected chi connectivity index (χ2v) is 2.69. The molecule has 0 fully saturated rings. The minimum Gasteiger partial charge on any atom is -0.222 e. The molecule has 6 nitrogen and oxygen atoms in total. The highest BCUT2D eigenvalue weighted by atomic mass is 16.1. The van der Waals surface area contributed by atoms with Crippen molar-refractivity contribution in [3.8, 4) is 0 Å². The summed E-state index contributed by atoms with van der Waals surface area (Å²) < 4.78 is 0. The van der Waals surface area contributed by atoms with E-state index in [9.17, 15) is 9.59 Å². The highest BCUT2D eigenvalue weighted by Crippen LogP contribution is 2.10. The van der Waals surface area contributed by atoms with Gasteiger partial charge in [0.05, 0.1) is 13.1 Å². The SMILES string of the molecule is N=C=O.O=C=NCc1ccccc1CN=C=O. The van der Waals surface area contributed by atoms with Crippen LogP contribution in [0.25, 0.3) is 0 Å². The van der Waals surface area contributed by atoms with Crippen molar-refractivity contribution < 1.29 is 14.4 Å². The summed E-state index contributed by atoms with van der Waals surface area (Å²) in [6.07, 6.45) is 3.68. The average molecular weight is 231 g/mol. The van der Waals surface area contributed by atoms with Gasteiger partial charge in [0.1, 0.15) is 0 Å². The molecule has 0 heterocycles. The normalized spacial score (nSPS) is 7.53. The van der Waals surface area contributed by atoms with Crippen LogP contribution in [-0.2, 0) is 27.5 Å². The quantitative estimate of drug-likeness (QED) is 0.623. The van der Waals surface area contributed by atoms with Gasteiger partial charge in [0.15, 0.2) is 0 Å². The van der Waals surface area contributed by atoms with Crippen LogP contribution in [0.4, 0.5) is 0 Å². The van der Waals surface area contributed by atoms with Crippen molar-refractivity contribution in [3.05, 3.63) is 35.4 Å². The van der Waals surface area contributed by atoms with Crippen LogP contribution >= 0.6 is 0 Å². The summed E-state index contributed by atoms with van der Waals surface area (Å²) in [5, 5.41) is 5.40. The first kappa shape index (κ1) is 14.4. The maximum atomic E-state index is 9.93. The molecule has 6 heteroatoms. The lowest BCUT2D eigenvalue weighted by Crippen LogP contribution is -1.90. The van der Waals surface area contributed by atoms with E-state index in [1.54, 1.807) is 0 Å². The van der Waals surface area contributed by atoms with Crippen molar-refractivity contribution in [1.29, 1.82) is 5.41 Å². The summed E-state index contributed by atoms with van der Waals surface area (Å²) >= 11 is 0. The Bertz CT molecular complexity index is 441. The molecule has 0 atom stereocenters. The third-order valence-electron chi connectivity index (χ3n) is 1.75. The monoisotopic (exact) mass is 231 g/mol. The zero-order chi connectivity index (χ0) is 12.9. The van der Waals surface area contributed by atoms with Gasteiger partial charge in [-0.05, 0) is 11.1 Å². The van der Waals surface area contributed by atoms with Crippen molar-refractivity contribution in [2.75, 3.05) is 0 Å². The summed E-state index contributed by atoms with van der Waals surface area (Å²) in [5.41, 5.74) is 1.74. The van der Waals surface area contributed by atoms with Crippen LogP contribution in [0.3, 0.4) is 0 Å². The van der Waals surface area contributed by atoms with Crippen LogP contribution < -0.4 is 0 Å². The standard InChI is InChI=1S/C10H8N2O2.CHNO/c13-7-11-5-9-3-1-2-4-10(9)6-12-8-14;2-1-3/h1-4H,5-6H2;2H. The number of benzene rings is 1. The van der Waals surface area contributed by atoms with Gasteiger partial charge in [0.2, 0.25) is 18.2 Å². The van der Waals surface area contributed by atoms with Gasteiger partial charge in [-0.3, -0.25) is 0 Å². The van der Waals surface area contributed by atoms with Gasteiger partial charge in [-0.1, -0.05) is 24.3 Å². The minimum atomic E-state index is 0.272. The summed E-state index contributed by atoms with van der Waals surface area (Å²) in [6, 6.07) is 7.33. The lowest BCUT2D eigenvalue weighted by Gasteiger charge is -2.01. The maximum absolute atomic E-state index is 9.93. The number of hydrogen-bond acceptors (Lipinski definition) is 6. The molecule has 1 rings (SSSR count). The van der Waals surface area contributed by atoms with Gasteiger partial charge < -0.3 is 0 Å². The minimum absolute atomic E-state index is 0.272. The molecule has 0 radical (unpaired) electrons. The Morgan fingerprint density at radius 2 is 1.29 bits per heavy atom. The van der Waals surface area contributed by atoms with Gasteiger partial charge in [-0.25, -0.2) is 29.8 Å². The zero-order valence-corrected chi connectivity index (χ0v) is 8.84. The number of nitrogens with zero attached hydrogens (tertiary/aromatic N) is 2. The first-order chi connectivity index (χ1) is 8.29. The fraction of sp³-hybridized carbons (Fsp3) is 0.182. The maximum Gasteiger partial charge on any atom is 0.235 e. The molecule has 86 valence electrons. The predicted octanol–water partition coefficient (Wildman–Crippen LogP) is 1.26. The zero-order valence-electron chi connectivity index (χ0n) is 8.84. The second-order valence-electron chi connectivity index (χ2n) is 2.69.